The summed E-state index contributed by atoms with van der Waals surface area (Å²) in [5, 5.41) is 6.97. The van der Waals surface area contributed by atoms with Crippen molar-refractivity contribution in [1.29, 1.82) is 0 Å². The average Bonchev–Trinajstić information content (AvgIpc) is 3.15. The molecule has 0 aliphatic carbocycles. The number of carbonyl (C=O) groups excluding carboxylic acids is 1. The van der Waals surface area contributed by atoms with E-state index >= 15 is 0 Å². The van der Waals surface area contributed by atoms with Gasteiger partial charge >= 0.3 is 6.18 Å². The van der Waals surface area contributed by atoms with Gasteiger partial charge in [-0.1, -0.05) is 41.0 Å². The number of terminal acetylenes is 1. The number of rotatable bonds is 5. The smallest absolute Gasteiger partial charge is 0.322 e. The molecule has 0 aliphatic rings. The Hall–Kier alpha value is -3.67. The highest BCUT2D eigenvalue weighted by Crippen LogP contribution is 2.33. The number of hydrogen-bond acceptors (Lipinski definition) is 3. The fourth-order valence-corrected chi connectivity index (χ4v) is 2.82. The molecule has 3 rings (SSSR count). The Morgan fingerprint density at radius 2 is 1.77 bits per heavy atom. The van der Waals surface area contributed by atoms with Gasteiger partial charge in [-0.3, -0.25) is 4.79 Å². The molecule has 0 atom stereocenters. The standard InChI is InChI=1S/C21H16F4N4O/c1-3-12-28(13-15-6-4-14(2)5-7-15)20(30)18-19(21(23,24)25)29(27-26-18)17-10-8-16(22)9-11-17/h1,4-11H,12-13H2,2H3. The van der Waals surface area contributed by atoms with Crippen LogP contribution in [0.4, 0.5) is 17.6 Å². The van der Waals surface area contributed by atoms with Crippen LogP contribution in [0, 0.1) is 25.1 Å². The largest absolute Gasteiger partial charge is 0.435 e. The first kappa shape index (κ1) is 21.0. The molecule has 30 heavy (non-hydrogen) atoms. The van der Waals surface area contributed by atoms with Crippen LogP contribution in [0.25, 0.3) is 5.69 Å². The predicted molar refractivity (Wildman–Crippen MR) is 101 cm³/mol. The maximum Gasteiger partial charge on any atom is 0.435 e. The molecule has 2 aromatic carbocycles. The van der Waals surface area contributed by atoms with Gasteiger partial charge in [-0.25, -0.2) is 9.07 Å². The van der Waals surface area contributed by atoms with E-state index in [2.05, 4.69) is 16.2 Å². The molecule has 5 nitrogen and oxygen atoms in total. The third-order valence-corrected chi connectivity index (χ3v) is 4.28. The van der Waals surface area contributed by atoms with E-state index in [0.717, 1.165) is 34.7 Å². The zero-order valence-electron chi connectivity index (χ0n) is 15.8. The van der Waals surface area contributed by atoms with E-state index in [4.69, 9.17) is 6.42 Å². The van der Waals surface area contributed by atoms with Crippen molar-refractivity contribution in [2.75, 3.05) is 6.54 Å². The number of aromatic nitrogens is 3. The topological polar surface area (TPSA) is 51.0 Å². The lowest BCUT2D eigenvalue weighted by Crippen LogP contribution is -2.33. The molecule has 0 spiro atoms. The zero-order chi connectivity index (χ0) is 21.9. The molecule has 154 valence electrons. The van der Waals surface area contributed by atoms with Gasteiger partial charge in [-0.2, -0.15) is 13.2 Å². The summed E-state index contributed by atoms with van der Waals surface area (Å²) in [6.07, 6.45) is 0.379. The van der Waals surface area contributed by atoms with Gasteiger partial charge < -0.3 is 4.90 Å². The Labute approximate surface area is 169 Å². The fraction of sp³-hybridized carbons (Fsp3) is 0.190. The monoisotopic (exact) mass is 416 g/mol. The van der Waals surface area contributed by atoms with E-state index in [9.17, 15) is 22.4 Å². The third-order valence-electron chi connectivity index (χ3n) is 4.28. The quantitative estimate of drug-likeness (QED) is 0.467. The van der Waals surface area contributed by atoms with E-state index in [1.54, 1.807) is 12.1 Å². The molecule has 0 saturated carbocycles. The van der Waals surface area contributed by atoms with E-state index < -0.39 is 29.3 Å². The minimum absolute atomic E-state index is 0.00399. The molecule has 1 amide bonds. The third kappa shape index (κ3) is 4.49. The Morgan fingerprint density at radius 1 is 1.13 bits per heavy atom. The van der Waals surface area contributed by atoms with Crippen molar-refractivity contribution < 1.29 is 22.4 Å². The van der Waals surface area contributed by atoms with Crippen LogP contribution in [0.5, 0.6) is 0 Å². The Kier molecular flexibility index (Phi) is 5.87. The Balaban J connectivity index is 2.01. The summed E-state index contributed by atoms with van der Waals surface area (Å²) in [5.74, 6) is 0.652. The van der Waals surface area contributed by atoms with Crippen LogP contribution >= 0.6 is 0 Å². The van der Waals surface area contributed by atoms with Crippen molar-refractivity contribution in [2.45, 2.75) is 19.6 Å². The van der Waals surface area contributed by atoms with E-state index in [1.165, 1.54) is 0 Å². The molecular weight excluding hydrogens is 400 g/mol. The average molecular weight is 416 g/mol. The zero-order valence-corrected chi connectivity index (χ0v) is 15.8. The van der Waals surface area contributed by atoms with Gasteiger partial charge in [0.05, 0.1) is 12.2 Å². The molecule has 0 aliphatic heterocycles. The van der Waals surface area contributed by atoms with Gasteiger partial charge in [0.15, 0.2) is 11.4 Å². The van der Waals surface area contributed by atoms with Crippen LogP contribution in [0.3, 0.4) is 0 Å². The van der Waals surface area contributed by atoms with Crippen molar-refractivity contribution in [1.82, 2.24) is 19.9 Å². The molecule has 0 saturated heterocycles. The van der Waals surface area contributed by atoms with Gasteiger partial charge in [0.2, 0.25) is 0 Å². The molecule has 0 bridgehead atoms. The van der Waals surface area contributed by atoms with Crippen molar-refractivity contribution in [2.24, 2.45) is 0 Å². The van der Waals surface area contributed by atoms with Crippen LogP contribution in [0.15, 0.2) is 48.5 Å². The number of amides is 1. The molecule has 1 aromatic heterocycles. The lowest BCUT2D eigenvalue weighted by atomic mass is 10.1. The number of nitrogens with zero attached hydrogens (tertiary/aromatic N) is 4. The van der Waals surface area contributed by atoms with Gasteiger partial charge in [-0.15, -0.1) is 11.5 Å². The van der Waals surface area contributed by atoms with Crippen molar-refractivity contribution in [3.63, 3.8) is 0 Å². The second kappa shape index (κ2) is 8.37. The summed E-state index contributed by atoms with van der Waals surface area (Å²) in [6.45, 7) is 1.68. The first-order chi connectivity index (χ1) is 14.2. The first-order valence-electron chi connectivity index (χ1n) is 8.78. The highest BCUT2D eigenvalue weighted by atomic mass is 19.4. The predicted octanol–water partition coefficient (Wildman–Crippen LogP) is 4.01. The van der Waals surface area contributed by atoms with Gasteiger partial charge in [0, 0.05) is 6.54 Å². The van der Waals surface area contributed by atoms with Gasteiger partial charge in [-0.05, 0) is 36.8 Å². The van der Waals surface area contributed by atoms with Crippen LogP contribution < -0.4 is 0 Å². The highest BCUT2D eigenvalue weighted by Gasteiger charge is 2.42. The van der Waals surface area contributed by atoms with Crippen molar-refractivity contribution in [3.05, 3.63) is 76.9 Å². The van der Waals surface area contributed by atoms with E-state index in [0.29, 0.717) is 10.2 Å². The first-order valence-corrected chi connectivity index (χ1v) is 8.78. The Morgan fingerprint density at radius 3 is 2.33 bits per heavy atom. The SMILES string of the molecule is C#CCN(Cc1ccc(C)cc1)C(=O)c1nnn(-c2ccc(F)cc2)c1C(F)(F)F. The molecule has 0 unspecified atom stereocenters. The number of alkyl halides is 3. The van der Waals surface area contributed by atoms with E-state index in [1.807, 2.05) is 19.1 Å². The number of halogens is 4. The van der Waals surface area contributed by atoms with Crippen LogP contribution in [0.1, 0.15) is 27.3 Å². The lowest BCUT2D eigenvalue weighted by Gasteiger charge is -2.20. The molecular formula is C21H16F4N4O. The summed E-state index contributed by atoms with van der Waals surface area (Å²) < 4.78 is 55.0. The van der Waals surface area contributed by atoms with Crippen LogP contribution in [0.2, 0.25) is 0 Å². The summed E-state index contributed by atoms with van der Waals surface area (Å²) in [5.41, 5.74) is -0.629. The van der Waals surface area contributed by atoms with Gasteiger partial charge in [0.25, 0.3) is 5.91 Å². The van der Waals surface area contributed by atoms with Crippen LogP contribution in [-0.4, -0.2) is 32.3 Å². The van der Waals surface area contributed by atoms with Crippen molar-refractivity contribution >= 4 is 5.91 Å². The summed E-state index contributed by atoms with van der Waals surface area (Å²) in [7, 11) is 0. The molecule has 0 radical (unpaired) electrons. The molecule has 0 fully saturated rings. The summed E-state index contributed by atoms with van der Waals surface area (Å²) in [6, 6.07) is 11.3. The molecule has 9 heteroatoms. The minimum atomic E-state index is -4.94. The number of aryl methyl sites for hydroxylation is 1. The second-order valence-electron chi connectivity index (χ2n) is 6.52. The summed E-state index contributed by atoms with van der Waals surface area (Å²) >= 11 is 0. The molecule has 3 aromatic rings. The Bertz CT molecular complexity index is 1080. The van der Waals surface area contributed by atoms with Crippen LogP contribution in [-0.2, 0) is 12.7 Å². The van der Waals surface area contributed by atoms with Gasteiger partial charge in [0.1, 0.15) is 5.82 Å². The molecule has 1 heterocycles. The maximum absolute atomic E-state index is 13.8. The maximum atomic E-state index is 13.8. The minimum Gasteiger partial charge on any atom is -0.322 e. The number of benzene rings is 2. The van der Waals surface area contributed by atoms with E-state index in [-0.39, 0.29) is 18.8 Å². The fourth-order valence-electron chi connectivity index (χ4n) is 2.82. The molecule has 0 N–H and O–H groups in total. The number of carbonyl (C=O) groups is 1. The van der Waals surface area contributed by atoms with Crippen molar-refractivity contribution in [3.8, 4) is 18.0 Å². The lowest BCUT2D eigenvalue weighted by molar-refractivity contribution is -0.143. The number of hydrogen-bond donors (Lipinski definition) is 0. The normalized spacial score (nSPS) is 11.2. The highest BCUT2D eigenvalue weighted by molar-refractivity contribution is 5.93. The summed E-state index contributed by atoms with van der Waals surface area (Å²) in [4.78, 5) is 14.0. The second-order valence-corrected chi connectivity index (χ2v) is 6.52.